The number of carbonyl (C=O) groups excluding carboxylic acids is 1. The fraction of sp³-hybridized carbons (Fsp3) is 0.0909. The van der Waals surface area contributed by atoms with E-state index < -0.39 is 0 Å². The number of fused-ring (bicyclic) bond motifs is 1. The number of aromatic nitrogens is 1. The molecule has 1 aromatic heterocycles. The number of anilines is 1. The minimum absolute atomic E-state index is 0.152. The van der Waals surface area contributed by atoms with Gasteiger partial charge in [0.1, 0.15) is 5.52 Å². The average Bonchev–Trinajstić information content (AvgIpc) is 3.09. The van der Waals surface area contributed by atoms with Crippen LogP contribution in [-0.2, 0) is 0 Å². The van der Waals surface area contributed by atoms with E-state index in [-0.39, 0.29) is 5.91 Å². The molecular weight excluding hydrogens is 324 g/mol. The molecule has 0 aliphatic rings. The Bertz CT molecular complexity index is 1100. The number of amides is 1. The van der Waals surface area contributed by atoms with E-state index in [0.717, 1.165) is 33.3 Å². The fourth-order valence-corrected chi connectivity index (χ4v) is 2.96. The molecule has 0 aliphatic heterocycles. The molecule has 1 heterocycles. The highest BCUT2D eigenvalue weighted by molar-refractivity contribution is 6.07. The number of hydrogen-bond donors (Lipinski definition) is 1. The van der Waals surface area contributed by atoms with E-state index in [1.165, 1.54) is 0 Å². The topological polar surface area (TPSA) is 55.1 Å². The number of benzene rings is 3. The molecule has 26 heavy (non-hydrogen) atoms. The first-order chi connectivity index (χ1) is 12.6. The quantitative estimate of drug-likeness (QED) is 0.545. The van der Waals surface area contributed by atoms with Crippen molar-refractivity contribution in [3.8, 4) is 11.3 Å². The molecule has 0 aliphatic carbocycles. The Morgan fingerprint density at radius 2 is 1.77 bits per heavy atom. The summed E-state index contributed by atoms with van der Waals surface area (Å²) in [4.78, 5) is 12.7. The van der Waals surface area contributed by atoms with Gasteiger partial charge in [0.25, 0.3) is 5.91 Å². The van der Waals surface area contributed by atoms with Gasteiger partial charge in [-0.3, -0.25) is 4.79 Å². The van der Waals surface area contributed by atoms with Crippen molar-refractivity contribution < 1.29 is 9.32 Å². The highest BCUT2D eigenvalue weighted by Gasteiger charge is 2.14. The van der Waals surface area contributed by atoms with Crippen molar-refractivity contribution >= 4 is 22.5 Å². The van der Waals surface area contributed by atoms with Gasteiger partial charge in [-0.25, -0.2) is 0 Å². The van der Waals surface area contributed by atoms with Crippen LogP contribution in [0.2, 0.25) is 0 Å². The van der Waals surface area contributed by atoms with Crippen LogP contribution in [0.5, 0.6) is 0 Å². The fourth-order valence-electron chi connectivity index (χ4n) is 2.96. The van der Waals surface area contributed by atoms with E-state index in [1.54, 1.807) is 6.07 Å². The number of aryl methyl sites for hydroxylation is 1. The van der Waals surface area contributed by atoms with Crippen LogP contribution < -0.4 is 5.32 Å². The summed E-state index contributed by atoms with van der Waals surface area (Å²) in [5.41, 5.74) is 5.26. The molecule has 0 atom stereocenters. The summed E-state index contributed by atoms with van der Waals surface area (Å²) >= 11 is 0. The summed E-state index contributed by atoms with van der Waals surface area (Å²) in [6.45, 7) is 4.03. The number of rotatable bonds is 3. The molecule has 0 saturated carbocycles. The van der Waals surface area contributed by atoms with E-state index in [0.29, 0.717) is 11.3 Å². The maximum atomic E-state index is 12.7. The third-order valence-electron chi connectivity index (χ3n) is 4.63. The molecular formula is C22H18N2O2. The highest BCUT2D eigenvalue weighted by atomic mass is 16.5. The maximum absolute atomic E-state index is 12.7. The molecule has 0 fully saturated rings. The van der Waals surface area contributed by atoms with Crippen LogP contribution in [0.25, 0.3) is 22.2 Å². The van der Waals surface area contributed by atoms with Gasteiger partial charge in [0.05, 0.1) is 5.39 Å². The van der Waals surface area contributed by atoms with Gasteiger partial charge in [0, 0.05) is 16.8 Å². The molecule has 4 heteroatoms. The van der Waals surface area contributed by atoms with Crippen molar-refractivity contribution in [3.63, 3.8) is 0 Å². The monoisotopic (exact) mass is 342 g/mol. The molecule has 3 aromatic carbocycles. The molecule has 128 valence electrons. The van der Waals surface area contributed by atoms with Gasteiger partial charge in [-0.05, 0) is 49.2 Å². The molecule has 0 spiro atoms. The second-order valence-corrected chi connectivity index (χ2v) is 6.31. The van der Waals surface area contributed by atoms with Crippen LogP contribution in [0.15, 0.2) is 71.3 Å². The van der Waals surface area contributed by atoms with Crippen molar-refractivity contribution in [2.24, 2.45) is 0 Å². The molecule has 0 unspecified atom stereocenters. The van der Waals surface area contributed by atoms with Crippen LogP contribution in [0.4, 0.5) is 5.69 Å². The zero-order valence-corrected chi connectivity index (χ0v) is 14.6. The maximum Gasteiger partial charge on any atom is 0.255 e. The lowest BCUT2D eigenvalue weighted by Crippen LogP contribution is -2.13. The second kappa shape index (κ2) is 6.48. The van der Waals surface area contributed by atoms with E-state index >= 15 is 0 Å². The summed E-state index contributed by atoms with van der Waals surface area (Å²) < 4.78 is 5.51. The molecule has 0 radical (unpaired) electrons. The van der Waals surface area contributed by atoms with Crippen molar-refractivity contribution in [3.05, 3.63) is 83.4 Å². The number of nitrogens with zero attached hydrogens (tertiary/aromatic N) is 1. The number of carbonyl (C=O) groups is 1. The van der Waals surface area contributed by atoms with E-state index in [2.05, 4.69) is 10.5 Å². The van der Waals surface area contributed by atoms with Crippen molar-refractivity contribution in [1.29, 1.82) is 0 Å². The van der Waals surface area contributed by atoms with Gasteiger partial charge in [-0.2, -0.15) is 0 Å². The number of hydrogen-bond acceptors (Lipinski definition) is 3. The largest absolute Gasteiger partial charge is 0.355 e. The van der Waals surface area contributed by atoms with Crippen LogP contribution in [0.3, 0.4) is 0 Å². The lowest BCUT2D eigenvalue weighted by molar-refractivity contribution is 0.102. The third kappa shape index (κ3) is 2.86. The predicted octanol–water partition coefficient (Wildman–Crippen LogP) is 5.36. The third-order valence-corrected chi connectivity index (χ3v) is 4.63. The van der Waals surface area contributed by atoms with Gasteiger partial charge in [-0.15, -0.1) is 0 Å². The summed E-state index contributed by atoms with van der Waals surface area (Å²) in [5.74, 6) is 0.516. The Balaban J connectivity index is 1.71. The normalized spacial score (nSPS) is 10.8. The zero-order chi connectivity index (χ0) is 18.1. The first-order valence-corrected chi connectivity index (χ1v) is 8.46. The Morgan fingerprint density at radius 3 is 2.58 bits per heavy atom. The highest BCUT2D eigenvalue weighted by Crippen LogP contribution is 2.29. The molecule has 0 bridgehead atoms. The SMILES string of the molecule is Cc1cccc(NC(=O)c2ccc3noc(-c4ccccc4)c3c2)c1C. The van der Waals surface area contributed by atoms with Crippen LogP contribution >= 0.6 is 0 Å². The summed E-state index contributed by atoms with van der Waals surface area (Å²) in [6.07, 6.45) is 0. The summed E-state index contributed by atoms with van der Waals surface area (Å²) in [7, 11) is 0. The van der Waals surface area contributed by atoms with Gasteiger partial charge < -0.3 is 9.84 Å². The first-order valence-electron chi connectivity index (χ1n) is 8.46. The Kier molecular flexibility index (Phi) is 4.01. The second-order valence-electron chi connectivity index (χ2n) is 6.31. The molecule has 1 N–H and O–H groups in total. The summed E-state index contributed by atoms with van der Waals surface area (Å²) in [6, 6.07) is 21.0. The lowest BCUT2D eigenvalue weighted by atomic mass is 10.1. The summed E-state index contributed by atoms with van der Waals surface area (Å²) in [5, 5.41) is 7.92. The zero-order valence-electron chi connectivity index (χ0n) is 14.6. The van der Waals surface area contributed by atoms with E-state index in [4.69, 9.17) is 4.52 Å². The molecule has 4 rings (SSSR count). The molecule has 1 amide bonds. The minimum Gasteiger partial charge on any atom is -0.355 e. The first kappa shape index (κ1) is 16.1. The average molecular weight is 342 g/mol. The smallest absolute Gasteiger partial charge is 0.255 e. The van der Waals surface area contributed by atoms with Crippen LogP contribution in [0.1, 0.15) is 21.5 Å². The molecule has 4 nitrogen and oxygen atoms in total. The van der Waals surface area contributed by atoms with Crippen molar-refractivity contribution in [2.45, 2.75) is 13.8 Å². The van der Waals surface area contributed by atoms with Crippen molar-refractivity contribution in [2.75, 3.05) is 5.32 Å². The Hall–Kier alpha value is -3.40. The molecule has 0 saturated heterocycles. The van der Waals surface area contributed by atoms with Gasteiger partial charge in [0.15, 0.2) is 5.76 Å². The Labute approximate surface area is 151 Å². The van der Waals surface area contributed by atoms with Gasteiger partial charge in [-0.1, -0.05) is 47.6 Å². The molecule has 4 aromatic rings. The Morgan fingerprint density at radius 1 is 0.962 bits per heavy atom. The number of nitrogens with one attached hydrogen (secondary N) is 1. The van der Waals surface area contributed by atoms with Crippen molar-refractivity contribution in [1.82, 2.24) is 5.16 Å². The minimum atomic E-state index is -0.152. The van der Waals surface area contributed by atoms with Crippen LogP contribution in [0, 0.1) is 13.8 Å². The predicted molar refractivity (Wildman–Crippen MR) is 103 cm³/mol. The van der Waals surface area contributed by atoms with E-state index in [9.17, 15) is 4.79 Å². The lowest BCUT2D eigenvalue weighted by Gasteiger charge is -2.10. The standard InChI is InChI=1S/C22H18N2O2/c1-14-7-6-10-19(15(14)2)23-22(25)17-11-12-20-18(13-17)21(26-24-20)16-8-4-3-5-9-16/h3-13H,1-2H3,(H,23,25). The van der Waals surface area contributed by atoms with Gasteiger partial charge >= 0.3 is 0 Å². The van der Waals surface area contributed by atoms with Gasteiger partial charge in [0.2, 0.25) is 0 Å². The van der Waals surface area contributed by atoms with Crippen LogP contribution in [-0.4, -0.2) is 11.1 Å². The van der Waals surface area contributed by atoms with E-state index in [1.807, 2.05) is 74.5 Å².